The standard InChI is InChI=1S/C27H22Cl2N2O4/c1-33-23-11-17(12-24(34-2)25(23)35-3)15-27(16-30)20-14-22(29)21(28)13-19(20)9-10-31(27)26(32)18-7-5-4-6-8-18/h4-14H,15H2,1-3H3. The maximum absolute atomic E-state index is 13.7. The molecule has 0 fully saturated rings. The molecular formula is C27H22Cl2N2O4. The fourth-order valence-electron chi connectivity index (χ4n) is 4.30. The van der Waals surface area contributed by atoms with Crippen LogP contribution in [0.15, 0.2) is 60.8 Å². The van der Waals surface area contributed by atoms with E-state index >= 15 is 0 Å². The van der Waals surface area contributed by atoms with E-state index < -0.39 is 5.54 Å². The number of benzene rings is 3. The van der Waals surface area contributed by atoms with E-state index in [0.29, 0.717) is 44.5 Å². The Morgan fingerprint density at radius 1 is 0.971 bits per heavy atom. The van der Waals surface area contributed by atoms with Crippen LogP contribution in [0.5, 0.6) is 17.2 Å². The van der Waals surface area contributed by atoms with E-state index in [4.69, 9.17) is 37.4 Å². The van der Waals surface area contributed by atoms with Gasteiger partial charge in [-0.25, -0.2) is 0 Å². The summed E-state index contributed by atoms with van der Waals surface area (Å²) in [6, 6.07) is 18.1. The summed E-state index contributed by atoms with van der Waals surface area (Å²) in [5.41, 5.74) is 0.973. The van der Waals surface area contributed by atoms with Crippen LogP contribution in [0.2, 0.25) is 10.0 Å². The van der Waals surface area contributed by atoms with Crippen molar-refractivity contribution in [3.63, 3.8) is 0 Å². The molecule has 3 aromatic rings. The summed E-state index contributed by atoms with van der Waals surface area (Å²) in [4.78, 5) is 15.1. The Balaban J connectivity index is 1.93. The van der Waals surface area contributed by atoms with Gasteiger partial charge in [-0.3, -0.25) is 9.69 Å². The number of fused-ring (bicyclic) bond motifs is 1. The minimum Gasteiger partial charge on any atom is -0.493 e. The van der Waals surface area contributed by atoms with E-state index in [9.17, 15) is 10.1 Å². The first-order valence-corrected chi connectivity index (χ1v) is 11.4. The van der Waals surface area contributed by atoms with Gasteiger partial charge >= 0.3 is 0 Å². The third kappa shape index (κ3) is 4.29. The van der Waals surface area contributed by atoms with E-state index in [1.807, 2.05) is 6.07 Å². The van der Waals surface area contributed by atoms with Crippen molar-refractivity contribution >= 4 is 35.2 Å². The predicted octanol–water partition coefficient (Wildman–Crippen LogP) is 6.11. The van der Waals surface area contributed by atoms with Crippen molar-refractivity contribution in [3.8, 4) is 23.3 Å². The van der Waals surface area contributed by atoms with Gasteiger partial charge in [0.25, 0.3) is 5.91 Å². The summed E-state index contributed by atoms with van der Waals surface area (Å²) < 4.78 is 16.4. The van der Waals surface area contributed by atoms with Crippen LogP contribution in [-0.2, 0) is 12.0 Å². The largest absolute Gasteiger partial charge is 0.493 e. The first kappa shape index (κ1) is 24.5. The van der Waals surface area contributed by atoms with Crippen molar-refractivity contribution in [3.05, 3.63) is 93.1 Å². The van der Waals surface area contributed by atoms with Crippen LogP contribution in [0.4, 0.5) is 0 Å². The minimum atomic E-state index is -1.43. The van der Waals surface area contributed by atoms with Gasteiger partial charge in [0.1, 0.15) is 0 Å². The number of hydrogen-bond acceptors (Lipinski definition) is 5. The van der Waals surface area contributed by atoms with Crippen LogP contribution in [0, 0.1) is 11.3 Å². The summed E-state index contributed by atoms with van der Waals surface area (Å²) in [5, 5.41) is 11.3. The first-order valence-electron chi connectivity index (χ1n) is 10.6. The molecule has 0 saturated carbocycles. The lowest BCUT2D eigenvalue weighted by Gasteiger charge is -2.41. The zero-order chi connectivity index (χ0) is 25.2. The maximum atomic E-state index is 13.7. The third-order valence-corrected chi connectivity index (χ3v) is 6.68. The molecule has 0 saturated heterocycles. The lowest BCUT2D eigenvalue weighted by atomic mass is 9.78. The van der Waals surface area contributed by atoms with E-state index in [2.05, 4.69) is 6.07 Å². The number of nitriles is 1. The molecule has 0 spiro atoms. The molecule has 1 unspecified atom stereocenters. The van der Waals surface area contributed by atoms with Crippen LogP contribution in [0.3, 0.4) is 0 Å². The zero-order valence-electron chi connectivity index (χ0n) is 19.3. The van der Waals surface area contributed by atoms with E-state index in [-0.39, 0.29) is 17.4 Å². The van der Waals surface area contributed by atoms with Crippen LogP contribution in [0.1, 0.15) is 27.0 Å². The molecule has 1 aliphatic heterocycles. The molecule has 0 bridgehead atoms. The van der Waals surface area contributed by atoms with Gasteiger partial charge in [-0.2, -0.15) is 5.26 Å². The van der Waals surface area contributed by atoms with Crippen molar-refractivity contribution in [1.29, 1.82) is 5.26 Å². The Hall–Kier alpha value is -3.66. The van der Waals surface area contributed by atoms with Crippen molar-refractivity contribution < 1.29 is 19.0 Å². The van der Waals surface area contributed by atoms with Gasteiger partial charge in [0.05, 0.1) is 37.4 Å². The number of carbonyl (C=O) groups is 1. The quantitative estimate of drug-likeness (QED) is 0.401. The highest BCUT2D eigenvalue weighted by Crippen LogP contribution is 2.45. The molecule has 0 aliphatic carbocycles. The molecule has 8 heteroatoms. The second kappa shape index (κ2) is 9.91. The summed E-state index contributed by atoms with van der Waals surface area (Å²) >= 11 is 12.7. The predicted molar refractivity (Wildman–Crippen MR) is 135 cm³/mol. The van der Waals surface area contributed by atoms with Crippen LogP contribution in [0.25, 0.3) is 6.08 Å². The van der Waals surface area contributed by atoms with Crippen LogP contribution < -0.4 is 14.2 Å². The average Bonchev–Trinajstić information content (AvgIpc) is 2.89. The summed E-state index contributed by atoms with van der Waals surface area (Å²) in [5.74, 6) is 0.987. The normalized spacial score (nSPS) is 16.3. The smallest absolute Gasteiger partial charge is 0.259 e. The van der Waals surface area contributed by atoms with Crippen molar-refractivity contribution in [2.24, 2.45) is 0 Å². The Morgan fingerprint density at radius 2 is 1.60 bits per heavy atom. The Bertz CT molecular complexity index is 1330. The first-order chi connectivity index (χ1) is 16.9. The number of ether oxygens (including phenoxy) is 3. The third-order valence-electron chi connectivity index (χ3n) is 5.96. The van der Waals surface area contributed by atoms with E-state index in [1.165, 1.54) is 26.2 Å². The van der Waals surface area contributed by atoms with Gasteiger partial charge in [0.15, 0.2) is 17.0 Å². The number of rotatable bonds is 6. The highest BCUT2D eigenvalue weighted by atomic mass is 35.5. The molecule has 178 valence electrons. The van der Waals surface area contributed by atoms with E-state index in [0.717, 1.165) is 0 Å². The van der Waals surface area contributed by atoms with Crippen LogP contribution in [-0.4, -0.2) is 32.1 Å². The Morgan fingerprint density at radius 3 is 2.17 bits per heavy atom. The van der Waals surface area contributed by atoms with Crippen molar-refractivity contribution in [1.82, 2.24) is 4.90 Å². The number of halogens is 2. The lowest BCUT2D eigenvalue weighted by molar-refractivity contribution is 0.0697. The molecular weight excluding hydrogens is 487 g/mol. The average molecular weight is 509 g/mol. The van der Waals surface area contributed by atoms with Gasteiger partial charge in [-0.15, -0.1) is 0 Å². The molecule has 1 heterocycles. The Kier molecular flexibility index (Phi) is 6.93. The number of hydrogen-bond donors (Lipinski definition) is 0. The molecule has 0 radical (unpaired) electrons. The number of amides is 1. The summed E-state index contributed by atoms with van der Waals surface area (Å²) in [6.07, 6.45) is 3.49. The molecule has 6 nitrogen and oxygen atoms in total. The molecule has 4 rings (SSSR count). The van der Waals surface area contributed by atoms with Gasteiger partial charge in [-0.1, -0.05) is 41.4 Å². The summed E-state index contributed by atoms with van der Waals surface area (Å²) in [7, 11) is 4.56. The second-order valence-corrected chi connectivity index (χ2v) is 8.71. The van der Waals surface area contributed by atoms with Crippen LogP contribution >= 0.6 is 23.2 Å². The molecule has 1 atom stereocenters. The Labute approximate surface area is 213 Å². The monoisotopic (exact) mass is 508 g/mol. The van der Waals surface area contributed by atoms with E-state index in [1.54, 1.807) is 60.8 Å². The second-order valence-electron chi connectivity index (χ2n) is 7.89. The van der Waals surface area contributed by atoms with Gasteiger partial charge < -0.3 is 14.2 Å². The van der Waals surface area contributed by atoms with Gasteiger partial charge in [0, 0.05) is 23.7 Å². The molecule has 0 aromatic heterocycles. The summed E-state index contributed by atoms with van der Waals surface area (Å²) in [6.45, 7) is 0. The highest BCUT2D eigenvalue weighted by Gasteiger charge is 2.45. The molecule has 0 N–H and O–H groups in total. The minimum absolute atomic E-state index is 0.119. The molecule has 1 aliphatic rings. The van der Waals surface area contributed by atoms with Gasteiger partial charge in [-0.05, 0) is 53.6 Å². The number of nitrogens with zero attached hydrogens (tertiary/aromatic N) is 2. The maximum Gasteiger partial charge on any atom is 0.259 e. The van der Waals surface area contributed by atoms with Crippen molar-refractivity contribution in [2.75, 3.05) is 21.3 Å². The zero-order valence-corrected chi connectivity index (χ0v) is 20.9. The van der Waals surface area contributed by atoms with Crippen molar-refractivity contribution in [2.45, 2.75) is 12.0 Å². The number of methoxy groups -OCH3 is 3. The highest BCUT2D eigenvalue weighted by molar-refractivity contribution is 6.42. The molecule has 1 amide bonds. The fraction of sp³-hybridized carbons (Fsp3) is 0.185. The molecule has 35 heavy (non-hydrogen) atoms. The SMILES string of the molecule is COc1cc(CC2(C#N)c3cc(Cl)c(Cl)cc3C=CN2C(=O)c2ccccc2)cc(OC)c1OC. The fourth-order valence-corrected chi connectivity index (χ4v) is 4.63. The van der Waals surface area contributed by atoms with Gasteiger partial charge in [0.2, 0.25) is 5.75 Å². The lowest BCUT2D eigenvalue weighted by Crippen LogP contribution is -2.49. The molecule has 3 aromatic carbocycles. The number of carbonyl (C=O) groups excluding carboxylic acids is 1. The topological polar surface area (TPSA) is 71.8 Å².